The molecule has 0 aliphatic carbocycles. The first-order valence-corrected chi connectivity index (χ1v) is 11.0. The Balaban J connectivity index is 1.66. The van der Waals surface area contributed by atoms with Crippen molar-refractivity contribution in [3.63, 3.8) is 0 Å². The van der Waals surface area contributed by atoms with Crippen LogP contribution in [0.4, 0.5) is 5.69 Å². The van der Waals surface area contributed by atoms with Crippen LogP contribution >= 0.6 is 15.9 Å². The highest BCUT2D eigenvalue weighted by Gasteiger charge is 2.13. The normalized spacial score (nSPS) is 11.9. The number of nitrogens with zero attached hydrogens (tertiary/aromatic N) is 2. The Kier molecular flexibility index (Phi) is 5.08. The zero-order chi connectivity index (χ0) is 21.4. The zero-order valence-electron chi connectivity index (χ0n) is 17.3. The van der Waals surface area contributed by atoms with Gasteiger partial charge in [0.1, 0.15) is 17.3 Å². The summed E-state index contributed by atoms with van der Waals surface area (Å²) in [5.41, 5.74) is 4.37. The first-order chi connectivity index (χ1) is 15.1. The molecule has 0 aliphatic rings. The molecule has 0 saturated heterocycles. The second kappa shape index (κ2) is 8.05. The van der Waals surface area contributed by atoms with Crippen molar-refractivity contribution in [2.75, 3.05) is 0 Å². The Hall–Kier alpha value is -3.37. The van der Waals surface area contributed by atoms with E-state index in [0.29, 0.717) is 0 Å². The van der Waals surface area contributed by atoms with Gasteiger partial charge in [0, 0.05) is 21.3 Å². The summed E-state index contributed by atoms with van der Waals surface area (Å²) < 4.78 is 9.34. The highest BCUT2D eigenvalue weighted by atomic mass is 79.9. The third-order valence-corrected chi connectivity index (χ3v) is 5.82. The van der Waals surface area contributed by atoms with Gasteiger partial charge in [-0.05, 0) is 62.4 Å². The molecule has 1 heterocycles. The Morgan fingerprint density at radius 1 is 0.774 bits per heavy atom. The van der Waals surface area contributed by atoms with Crippen LogP contribution in [-0.2, 0) is 0 Å². The maximum absolute atomic E-state index is 6.15. The van der Waals surface area contributed by atoms with Crippen molar-refractivity contribution in [3.8, 4) is 11.5 Å². The SMILES string of the molecule is C/C(=N\c1ccc(C)cc1)n1c2ccccc2c2ccc(Oc3cccc(Br)c3)cc21. The summed E-state index contributed by atoms with van der Waals surface area (Å²) in [6.45, 7) is 4.13. The fourth-order valence-corrected chi connectivity index (χ4v) is 4.26. The van der Waals surface area contributed by atoms with Crippen molar-refractivity contribution in [2.45, 2.75) is 13.8 Å². The number of aromatic nitrogens is 1. The van der Waals surface area contributed by atoms with E-state index >= 15 is 0 Å². The fraction of sp³-hybridized carbons (Fsp3) is 0.0741. The molecule has 0 fully saturated rings. The van der Waals surface area contributed by atoms with Gasteiger partial charge >= 0.3 is 0 Å². The minimum absolute atomic E-state index is 0.790. The number of rotatable bonds is 3. The van der Waals surface area contributed by atoms with Crippen molar-refractivity contribution < 1.29 is 4.74 Å². The van der Waals surface area contributed by atoms with E-state index in [4.69, 9.17) is 9.73 Å². The zero-order valence-corrected chi connectivity index (χ0v) is 18.9. The number of benzene rings is 4. The van der Waals surface area contributed by atoms with Gasteiger partial charge in [0.25, 0.3) is 0 Å². The van der Waals surface area contributed by atoms with Gasteiger partial charge in [-0.15, -0.1) is 0 Å². The highest BCUT2D eigenvalue weighted by molar-refractivity contribution is 9.10. The van der Waals surface area contributed by atoms with Gasteiger partial charge in [0.05, 0.1) is 16.7 Å². The summed E-state index contributed by atoms with van der Waals surface area (Å²) in [7, 11) is 0. The Bertz CT molecular complexity index is 1430. The number of ether oxygens (including phenoxy) is 1. The number of aliphatic imine (C=N–C) groups is 1. The molecule has 0 bridgehead atoms. The third kappa shape index (κ3) is 3.87. The second-order valence-corrected chi connectivity index (χ2v) is 8.50. The number of hydrogen-bond donors (Lipinski definition) is 0. The molecule has 31 heavy (non-hydrogen) atoms. The quantitative estimate of drug-likeness (QED) is 0.193. The lowest BCUT2D eigenvalue weighted by molar-refractivity contribution is 0.483. The average molecular weight is 469 g/mol. The molecule has 1 aromatic heterocycles. The Labute approximate surface area is 189 Å². The maximum Gasteiger partial charge on any atom is 0.129 e. The molecule has 0 spiro atoms. The van der Waals surface area contributed by atoms with E-state index in [9.17, 15) is 0 Å². The third-order valence-electron chi connectivity index (χ3n) is 5.33. The van der Waals surface area contributed by atoms with Crippen LogP contribution in [0, 0.1) is 6.92 Å². The molecule has 0 aliphatic heterocycles. The molecule has 5 aromatic rings. The van der Waals surface area contributed by atoms with Crippen molar-refractivity contribution in [1.29, 1.82) is 0 Å². The smallest absolute Gasteiger partial charge is 0.129 e. The standard InChI is InChI=1S/C27H21BrN2O/c1-18-10-12-21(13-11-18)29-19(2)30-26-9-4-3-8-24(26)25-15-14-23(17-27(25)30)31-22-7-5-6-20(28)16-22/h3-17H,1-2H3/b29-19+. The summed E-state index contributed by atoms with van der Waals surface area (Å²) in [4.78, 5) is 4.90. The minimum atomic E-state index is 0.790. The molecule has 0 radical (unpaired) electrons. The van der Waals surface area contributed by atoms with Crippen LogP contribution in [-0.4, -0.2) is 10.4 Å². The average Bonchev–Trinajstić information content (AvgIpc) is 3.09. The summed E-state index contributed by atoms with van der Waals surface area (Å²) >= 11 is 3.51. The predicted octanol–water partition coefficient (Wildman–Crippen LogP) is 8.26. The second-order valence-electron chi connectivity index (χ2n) is 7.59. The van der Waals surface area contributed by atoms with E-state index in [2.05, 4.69) is 88.1 Å². The minimum Gasteiger partial charge on any atom is -0.457 e. The van der Waals surface area contributed by atoms with E-state index in [0.717, 1.165) is 38.5 Å². The van der Waals surface area contributed by atoms with Gasteiger partial charge in [-0.2, -0.15) is 0 Å². The summed E-state index contributed by atoms with van der Waals surface area (Å²) in [5, 5.41) is 2.38. The van der Waals surface area contributed by atoms with Gasteiger partial charge in [0.15, 0.2) is 0 Å². The first kappa shape index (κ1) is 19.6. The van der Waals surface area contributed by atoms with E-state index in [1.54, 1.807) is 0 Å². The number of halogens is 1. The van der Waals surface area contributed by atoms with Gasteiger partial charge in [-0.1, -0.05) is 57.9 Å². The van der Waals surface area contributed by atoms with Gasteiger partial charge in [-0.25, -0.2) is 4.99 Å². The van der Waals surface area contributed by atoms with Crippen LogP contribution in [0.2, 0.25) is 0 Å². The van der Waals surface area contributed by atoms with Crippen molar-refractivity contribution in [2.24, 2.45) is 4.99 Å². The van der Waals surface area contributed by atoms with E-state index < -0.39 is 0 Å². The largest absolute Gasteiger partial charge is 0.457 e. The van der Waals surface area contributed by atoms with Gasteiger partial charge in [-0.3, -0.25) is 4.57 Å². The molecular formula is C27H21BrN2O. The highest BCUT2D eigenvalue weighted by Crippen LogP contribution is 2.34. The van der Waals surface area contributed by atoms with Crippen molar-refractivity contribution in [3.05, 3.63) is 101 Å². The molecule has 4 heteroatoms. The molecule has 0 amide bonds. The molecule has 0 atom stereocenters. The van der Waals surface area contributed by atoms with Crippen LogP contribution in [0.3, 0.4) is 0 Å². The van der Waals surface area contributed by atoms with Gasteiger partial charge in [0.2, 0.25) is 0 Å². The topological polar surface area (TPSA) is 26.5 Å². The Morgan fingerprint density at radius 3 is 2.32 bits per heavy atom. The molecule has 3 nitrogen and oxygen atoms in total. The van der Waals surface area contributed by atoms with Crippen LogP contribution in [0.15, 0.2) is 100 Å². The van der Waals surface area contributed by atoms with E-state index in [-0.39, 0.29) is 0 Å². The molecule has 4 aromatic carbocycles. The molecule has 5 rings (SSSR count). The van der Waals surface area contributed by atoms with E-state index in [1.165, 1.54) is 16.3 Å². The lowest BCUT2D eigenvalue weighted by Crippen LogP contribution is -2.06. The monoisotopic (exact) mass is 468 g/mol. The molecule has 0 unspecified atom stereocenters. The maximum atomic E-state index is 6.15. The molecule has 0 N–H and O–H groups in total. The summed E-state index contributed by atoms with van der Waals surface area (Å²) in [6, 6.07) is 30.8. The lowest BCUT2D eigenvalue weighted by atomic mass is 10.1. The predicted molar refractivity (Wildman–Crippen MR) is 133 cm³/mol. The summed E-state index contributed by atoms with van der Waals surface area (Å²) in [6.07, 6.45) is 0. The number of fused-ring (bicyclic) bond motifs is 3. The van der Waals surface area contributed by atoms with Crippen LogP contribution in [0.5, 0.6) is 11.5 Å². The Morgan fingerprint density at radius 2 is 1.52 bits per heavy atom. The van der Waals surface area contributed by atoms with Crippen LogP contribution < -0.4 is 4.74 Å². The molecular weight excluding hydrogens is 448 g/mol. The number of aryl methyl sites for hydroxylation is 1. The van der Waals surface area contributed by atoms with Crippen molar-refractivity contribution in [1.82, 2.24) is 4.57 Å². The van der Waals surface area contributed by atoms with Crippen LogP contribution in [0.1, 0.15) is 12.5 Å². The van der Waals surface area contributed by atoms with E-state index in [1.807, 2.05) is 37.3 Å². The van der Waals surface area contributed by atoms with Crippen molar-refractivity contribution >= 4 is 49.3 Å². The number of para-hydroxylation sites is 1. The summed E-state index contributed by atoms with van der Waals surface area (Å²) in [5.74, 6) is 2.49. The molecule has 152 valence electrons. The fourth-order valence-electron chi connectivity index (χ4n) is 3.89. The molecule has 0 saturated carbocycles. The van der Waals surface area contributed by atoms with Gasteiger partial charge < -0.3 is 4.74 Å². The van der Waals surface area contributed by atoms with Crippen LogP contribution in [0.25, 0.3) is 21.8 Å². The number of hydrogen-bond acceptors (Lipinski definition) is 2. The lowest BCUT2D eigenvalue weighted by Gasteiger charge is -2.10. The first-order valence-electron chi connectivity index (χ1n) is 10.2.